The van der Waals surface area contributed by atoms with Gasteiger partial charge in [-0.25, -0.2) is 0 Å². The minimum absolute atomic E-state index is 0.116. The molecule has 0 radical (unpaired) electrons. The highest BCUT2D eigenvalue weighted by atomic mass is 16.5. The maximum absolute atomic E-state index is 12.0. The van der Waals surface area contributed by atoms with Crippen LogP contribution in [0.4, 0.5) is 0 Å². The Morgan fingerprint density at radius 3 is 2.50 bits per heavy atom. The fourth-order valence-corrected chi connectivity index (χ4v) is 2.22. The summed E-state index contributed by atoms with van der Waals surface area (Å²) < 4.78 is 5.64. The number of carbonyl (C=O) groups excluding carboxylic acids is 1. The first-order chi connectivity index (χ1) is 11.4. The van der Waals surface area contributed by atoms with Crippen molar-refractivity contribution in [3.63, 3.8) is 0 Å². The van der Waals surface area contributed by atoms with Crippen molar-refractivity contribution < 1.29 is 9.53 Å². The molecule has 0 fully saturated rings. The molecule has 0 bridgehead atoms. The van der Waals surface area contributed by atoms with Gasteiger partial charge in [0.25, 0.3) is 5.91 Å². The van der Waals surface area contributed by atoms with Crippen LogP contribution in [0.1, 0.15) is 42.3 Å². The van der Waals surface area contributed by atoms with Gasteiger partial charge in [0.2, 0.25) is 0 Å². The lowest BCUT2D eigenvalue weighted by Gasteiger charge is -2.19. The number of ether oxygens (including phenoxy) is 1. The first-order valence-corrected chi connectivity index (χ1v) is 7.92. The summed E-state index contributed by atoms with van der Waals surface area (Å²) in [4.78, 5) is 12.0. The normalized spacial score (nSPS) is 10.8. The van der Waals surface area contributed by atoms with Crippen LogP contribution in [0.2, 0.25) is 0 Å². The predicted octanol–water partition coefficient (Wildman–Crippen LogP) is 3.66. The van der Waals surface area contributed by atoms with Gasteiger partial charge in [0.15, 0.2) is 0 Å². The Labute approximate surface area is 143 Å². The van der Waals surface area contributed by atoms with E-state index in [1.165, 1.54) is 5.56 Å². The van der Waals surface area contributed by atoms with Gasteiger partial charge >= 0.3 is 0 Å². The van der Waals surface area contributed by atoms with Crippen LogP contribution in [0.3, 0.4) is 0 Å². The van der Waals surface area contributed by atoms with E-state index in [0.29, 0.717) is 24.3 Å². The Bertz CT molecular complexity index is 737. The fraction of sp³-hybridized carbons (Fsp3) is 0.300. The first-order valence-electron chi connectivity index (χ1n) is 7.92. The Kier molecular flexibility index (Phi) is 5.59. The van der Waals surface area contributed by atoms with E-state index in [1.54, 1.807) is 24.3 Å². The monoisotopic (exact) mass is 322 g/mol. The number of rotatable bonds is 5. The topological polar surface area (TPSA) is 62.1 Å². The van der Waals surface area contributed by atoms with E-state index in [9.17, 15) is 4.79 Å². The lowest BCUT2D eigenvalue weighted by atomic mass is 9.87. The summed E-state index contributed by atoms with van der Waals surface area (Å²) in [6.45, 7) is 7.29. The van der Waals surface area contributed by atoms with Crippen LogP contribution in [0.15, 0.2) is 48.5 Å². The second-order valence-corrected chi connectivity index (χ2v) is 6.57. The standard InChI is InChI=1S/C20H22N2O2/c1-20(2,3)17-7-9-18(10-8-17)24-12-11-22-19(23)16-6-4-5-15(13-16)14-21/h4-10,13H,11-12H2,1-3H3,(H,22,23). The molecule has 2 aromatic rings. The van der Waals surface area contributed by atoms with Crippen molar-refractivity contribution in [3.8, 4) is 11.8 Å². The molecule has 0 aliphatic rings. The summed E-state index contributed by atoms with van der Waals surface area (Å²) in [7, 11) is 0. The largest absolute Gasteiger partial charge is 0.492 e. The fourth-order valence-electron chi connectivity index (χ4n) is 2.22. The van der Waals surface area contributed by atoms with Crippen LogP contribution in [-0.4, -0.2) is 19.1 Å². The number of nitriles is 1. The average molecular weight is 322 g/mol. The lowest BCUT2D eigenvalue weighted by Crippen LogP contribution is -2.28. The van der Waals surface area contributed by atoms with Crippen molar-refractivity contribution in [1.82, 2.24) is 5.32 Å². The molecule has 0 unspecified atom stereocenters. The van der Waals surface area contributed by atoms with E-state index in [2.05, 4.69) is 38.2 Å². The SMILES string of the molecule is CC(C)(C)c1ccc(OCCNC(=O)c2cccc(C#N)c2)cc1. The molecule has 0 saturated carbocycles. The summed E-state index contributed by atoms with van der Waals surface area (Å²) in [5.41, 5.74) is 2.31. The third kappa shape index (κ3) is 4.85. The van der Waals surface area contributed by atoms with Gasteiger partial charge in [0.1, 0.15) is 12.4 Å². The van der Waals surface area contributed by atoms with Crippen molar-refractivity contribution in [3.05, 3.63) is 65.2 Å². The zero-order valence-corrected chi connectivity index (χ0v) is 14.3. The Balaban J connectivity index is 1.80. The van der Waals surface area contributed by atoms with Crippen molar-refractivity contribution >= 4 is 5.91 Å². The molecule has 0 heterocycles. The number of nitrogens with zero attached hydrogens (tertiary/aromatic N) is 1. The number of benzene rings is 2. The molecule has 24 heavy (non-hydrogen) atoms. The Morgan fingerprint density at radius 1 is 1.17 bits per heavy atom. The minimum atomic E-state index is -0.209. The van der Waals surface area contributed by atoms with Gasteiger partial charge in [-0.1, -0.05) is 39.0 Å². The molecule has 2 rings (SSSR count). The van der Waals surface area contributed by atoms with E-state index in [4.69, 9.17) is 10.00 Å². The number of hydrogen-bond acceptors (Lipinski definition) is 3. The highest BCUT2D eigenvalue weighted by Gasteiger charge is 2.13. The molecule has 4 heteroatoms. The minimum Gasteiger partial charge on any atom is -0.492 e. The summed E-state index contributed by atoms with van der Waals surface area (Å²) in [6, 6.07) is 16.6. The second kappa shape index (κ2) is 7.65. The van der Waals surface area contributed by atoms with Gasteiger partial charge < -0.3 is 10.1 Å². The van der Waals surface area contributed by atoms with Gasteiger partial charge in [-0.15, -0.1) is 0 Å². The predicted molar refractivity (Wildman–Crippen MR) is 94.1 cm³/mol. The zero-order valence-electron chi connectivity index (χ0n) is 14.3. The molecule has 124 valence electrons. The van der Waals surface area contributed by atoms with E-state index in [0.717, 1.165) is 5.75 Å². The summed E-state index contributed by atoms with van der Waals surface area (Å²) in [5, 5.41) is 11.6. The number of hydrogen-bond donors (Lipinski definition) is 1. The van der Waals surface area contributed by atoms with Crippen molar-refractivity contribution in [2.24, 2.45) is 0 Å². The third-order valence-corrected chi connectivity index (χ3v) is 3.63. The van der Waals surface area contributed by atoms with Crippen molar-refractivity contribution in [1.29, 1.82) is 5.26 Å². The van der Waals surface area contributed by atoms with E-state index < -0.39 is 0 Å². The van der Waals surface area contributed by atoms with E-state index >= 15 is 0 Å². The third-order valence-electron chi connectivity index (χ3n) is 3.63. The van der Waals surface area contributed by atoms with Crippen molar-refractivity contribution in [2.75, 3.05) is 13.2 Å². The van der Waals surface area contributed by atoms with Crippen LogP contribution in [0, 0.1) is 11.3 Å². The molecule has 0 aromatic heterocycles. The summed E-state index contributed by atoms with van der Waals surface area (Å²) in [6.07, 6.45) is 0. The molecule has 4 nitrogen and oxygen atoms in total. The molecule has 1 amide bonds. The quantitative estimate of drug-likeness (QED) is 0.854. The highest BCUT2D eigenvalue weighted by molar-refractivity contribution is 5.94. The van der Waals surface area contributed by atoms with Gasteiger partial charge in [-0.05, 0) is 41.3 Å². The summed E-state index contributed by atoms with van der Waals surface area (Å²) >= 11 is 0. The molecule has 2 aromatic carbocycles. The number of amides is 1. The van der Waals surface area contributed by atoms with E-state index in [-0.39, 0.29) is 11.3 Å². The smallest absolute Gasteiger partial charge is 0.251 e. The molecule has 0 aliphatic heterocycles. The van der Waals surface area contributed by atoms with Crippen LogP contribution in [-0.2, 0) is 5.41 Å². The maximum atomic E-state index is 12.0. The molecule has 0 saturated heterocycles. The highest BCUT2D eigenvalue weighted by Crippen LogP contribution is 2.24. The second-order valence-electron chi connectivity index (χ2n) is 6.57. The number of carbonyl (C=O) groups is 1. The zero-order chi connectivity index (χ0) is 17.6. The van der Waals surface area contributed by atoms with Gasteiger partial charge in [0, 0.05) is 5.56 Å². The molecule has 0 spiro atoms. The maximum Gasteiger partial charge on any atom is 0.251 e. The van der Waals surface area contributed by atoms with Gasteiger partial charge in [-0.2, -0.15) is 5.26 Å². The van der Waals surface area contributed by atoms with Crippen LogP contribution in [0.5, 0.6) is 5.75 Å². The van der Waals surface area contributed by atoms with Crippen molar-refractivity contribution in [2.45, 2.75) is 26.2 Å². The Hall–Kier alpha value is -2.80. The lowest BCUT2D eigenvalue weighted by molar-refractivity contribution is 0.0947. The molecular weight excluding hydrogens is 300 g/mol. The van der Waals surface area contributed by atoms with Crippen LogP contribution in [0.25, 0.3) is 0 Å². The number of nitrogens with one attached hydrogen (secondary N) is 1. The first kappa shape index (κ1) is 17.6. The Morgan fingerprint density at radius 2 is 1.88 bits per heavy atom. The van der Waals surface area contributed by atoms with E-state index in [1.807, 2.05) is 18.2 Å². The molecule has 1 N–H and O–H groups in total. The molecule has 0 atom stereocenters. The van der Waals surface area contributed by atoms with Crippen LogP contribution < -0.4 is 10.1 Å². The van der Waals surface area contributed by atoms with Gasteiger partial charge in [0.05, 0.1) is 18.2 Å². The molecular formula is C20H22N2O2. The van der Waals surface area contributed by atoms with Crippen LogP contribution >= 0.6 is 0 Å². The molecule has 0 aliphatic carbocycles. The average Bonchev–Trinajstić information content (AvgIpc) is 2.58. The van der Waals surface area contributed by atoms with Gasteiger partial charge in [-0.3, -0.25) is 4.79 Å². The summed E-state index contributed by atoms with van der Waals surface area (Å²) in [5.74, 6) is 0.572.